The monoisotopic (exact) mass is 385 g/mol. The fourth-order valence-electron chi connectivity index (χ4n) is 3.93. The van der Waals surface area contributed by atoms with Crippen LogP contribution in [0.5, 0.6) is 11.5 Å². The van der Waals surface area contributed by atoms with Crippen molar-refractivity contribution >= 4 is 22.6 Å². The van der Waals surface area contributed by atoms with Crippen molar-refractivity contribution in [2.45, 2.75) is 25.8 Å². The van der Waals surface area contributed by atoms with E-state index in [0.717, 1.165) is 42.2 Å². The molecule has 0 bridgehead atoms. The Kier molecular flexibility index (Phi) is 5.47. The van der Waals surface area contributed by atoms with Crippen LogP contribution in [0.2, 0.25) is 0 Å². The van der Waals surface area contributed by atoms with Crippen molar-refractivity contribution in [1.29, 1.82) is 0 Å². The number of fused-ring (bicyclic) bond motifs is 1. The molecule has 2 fully saturated rings. The smallest absolute Gasteiger partial charge is 0.234 e. The Balaban J connectivity index is 1.76. The van der Waals surface area contributed by atoms with E-state index in [1.165, 1.54) is 19.3 Å². The number of rotatable bonds is 5. The number of anilines is 1. The molecule has 8 heteroatoms. The molecule has 28 heavy (non-hydrogen) atoms. The zero-order valence-corrected chi connectivity index (χ0v) is 16.5. The average molecular weight is 385 g/mol. The second kappa shape index (κ2) is 8.18. The van der Waals surface area contributed by atoms with E-state index in [-0.39, 0.29) is 5.91 Å². The molecule has 0 unspecified atom stereocenters. The first-order valence-electron chi connectivity index (χ1n) is 9.84. The Bertz CT molecular complexity index is 867. The number of piperidine rings is 1. The van der Waals surface area contributed by atoms with E-state index in [4.69, 9.17) is 19.4 Å². The van der Waals surface area contributed by atoms with E-state index in [0.29, 0.717) is 31.1 Å². The van der Waals surface area contributed by atoms with Gasteiger partial charge in [-0.05, 0) is 25.3 Å². The maximum atomic E-state index is 11.7. The number of hydrogen-bond acceptors (Lipinski definition) is 7. The molecule has 2 aliphatic rings. The summed E-state index contributed by atoms with van der Waals surface area (Å²) < 4.78 is 11.0. The molecule has 2 aromatic rings. The van der Waals surface area contributed by atoms with Crippen LogP contribution in [0.1, 0.15) is 25.1 Å². The van der Waals surface area contributed by atoms with Crippen LogP contribution in [0.4, 0.5) is 5.82 Å². The first kappa shape index (κ1) is 18.7. The normalized spacial score (nSPS) is 18.2. The van der Waals surface area contributed by atoms with Crippen LogP contribution in [0.15, 0.2) is 12.1 Å². The highest BCUT2D eigenvalue weighted by atomic mass is 16.5. The van der Waals surface area contributed by atoms with E-state index in [2.05, 4.69) is 15.1 Å². The Labute approximate surface area is 164 Å². The van der Waals surface area contributed by atoms with E-state index < -0.39 is 0 Å². The number of aromatic nitrogens is 2. The van der Waals surface area contributed by atoms with Crippen molar-refractivity contribution in [3.63, 3.8) is 0 Å². The number of ether oxygens (including phenoxy) is 2. The van der Waals surface area contributed by atoms with Gasteiger partial charge in [-0.25, -0.2) is 9.97 Å². The van der Waals surface area contributed by atoms with Gasteiger partial charge in [-0.1, -0.05) is 0 Å². The van der Waals surface area contributed by atoms with Crippen molar-refractivity contribution < 1.29 is 14.3 Å². The van der Waals surface area contributed by atoms with Crippen molar-refractivity contribution in [3.8, 4) is 11.5 Å². The minimum atomic E-state index is 0.0506. The lowest BCUT2D eigenvalue weighted by Crippen LogP contribution is -2.47. The first-order valence-corrected chi connectivity index (χ1v) is 9.84. The largest absolute Gasteiger partial charge is 0.493 e. The highest BCUT2D eigenvalue weighted by Crippen LogP contribution is 2.36. The maximum Gasteiger partial charge on any atom is 0.234 e. The molecule has 1 aromatic heterocycles. The van der Waals surface area contributed by atoms with E-state index in [1.807, 2.05) is 12.1 Å². The summed E-state index contributed by atoms with van der Waals surface area (Å²) in [6, 6.07) is 3.88. The quantitative estimate of drug-likeness (QED) is 0.837. The molecule has 1 amide bonds. The standard InChI is InChI=1S/C20H27N5O3/c1-27-16-10-14-15(11-17(16)28-2)22-18(12-24-9-6-21-19(26)13-24)23-20(14)25-7-4-3-5-8-25/h10-11H,3-9,12-13H2,1-2H3,(H,21,26). The van der Waals surface area contributed by atoms with Gasteiger partial charge in [0.2, 0.25) is 5.91 Å². The highest BCUT2D eigenvalue weighted by molar-refractivity contribution is 5.92. The summed E-state index contributed by atoms with van der Waals surface area (Å²) in [5, 5.41) is 3.83. The van der Waals surface area contributed by atoms with Gasteiger partial charge in [-0.3, -0.25) is 9.69 Å². The molecule has 3 heterocycles. The Morgan fingerprint density at radius 1 is 1.04 bits per heavy atom. The molecular weight excluding hydrogens is 358 g/mol. The molecular formula is C20H27N5O3. The summed E-state index contributed by atoms with van der Waals surface area (Å²) in [6.45, 7) is 4.39. The van der Waals surface area contributed by atoms with Gasteiger partial charge in [-0.15, -0.1) is 0 Å². The van der Waals surface area contributed by atoms with Crippen molar-refractivity contribution in [2.24, 2.45) is 0 Å². The van der Waals surface area contributed by atoms with Gasteiger partial charge in [0.25, 0.3) is 0 Å². The van der Waals surface area contributed by atoms with Gasteiger partial charge in [-0.2, -0.15) is 0 Å². The minimum absolute atomic E-state index is 0.0506. The topological polar surface area (TPSA) is 79.8 Å². The number of nitrogens with zero attached hydrogens (tertiary/aromatic N) is 4. The highest BCUT2D eigenvalue weighted by Gasteiger charge is 2.22. The average Bonchev–Trinajstić information content (AvgIpc) is 2.73. The number of carbonyl (C=O) groups is 1. The van der Waals surface area contributed by atoms with Crippen LogP contribution in [0.3, 0.4) is 0 Å². The second-order valence-electron chi connectivity index (χ2n) is 7.30. The summed E-state index contributed by atoms with van der Waals surface area (Å²) in [5.41, 5.74) is 0.838. The zero-order chi connectivity index (χ0) is 19.5. The second-order valence-corrected chi connectivity index (χ2v) is 7.30. The molecule has 0 atom stereocenters. The van der Waals surface area contributed by atoms with Crippen LogP contribution >= 0.6 is 0 Å². The summed E-state index contributed by atoms with van der Waals surface area (Å²) in [4.78, 5) is 25.8. The van der Waals surface area contributed by atoms with E-state index >= 15 is 0 Å². The van der Waals surface area contributed by atoms with Crippen LogP contribution < -0.4 is 19.7 Å². The third kappa shape index (κ3) is 3.82. The molecule has 0 aliphatic carbocycles. The van der Waals surface area contributed by atoms with Gasteiger partial charge in [0.15, 0.2) is 11.5 Å². The molecule has 2 aliphatic heterocycles. The zero-order valence-electron chi connectivity index (χ0n) is 16.5. The summed E-state index contributed by atoms with van der Waals surface area (Å²) in [7, 11) is 3.27. The molecule has 0 radical (unpaired) electrons. The Morgan fingerprint density at radius 3 is 2.50 bits per heavy atom. The third-order valence-electron chi connectivity index (χ3n) is 5.37. The molecule has 4 rings (SSSR count). The van der Waals surface area contributed by atoms with Crippen molar-refractivity contribution in [2.75, 3.05) is 51.8 Å². The molecule has 8 nitrogen and oxygen atoms in total. The number of carbonyl (C=O) groups excluding carboxylic acids is 1. The van der Waals surface area contributed by atoms with Crippen molar-refractivity contribution in [1.82, 2.24) is 20.2 Å². The molecule has 0 spiro atoms. The van der Waals surface area contributed by atoms with Crippen LogP contribution in [0.25, 0.3) is 10.9 Å². The number of methoxy groups -OCH3 is 2. The Hall–Kier alpha value is -2.61. The number of nitrogens with one attached hydrogen (secondary N) is 1. The van der Waals surface area contributed by atoms with Crippen LogP contribution in [0, 0.1) is 0 Å². The van der Waals surface area contributed by atoms with Crippen molar-refractivity contribution in [3.05, 3.63) is 18.0 Å². The lowest BCUT2D eigenvalue weighted by molar-refractivity contribution is -0.124. The number of hydrogen-bond donors (Lipinski definition) is 1. The van der Waals surface area contributed by atoms with Gasteiger partial charge in [0, 0.05) is 37.6 Å². The molecule has 150 valence electrons. The molecule has 2 saturated heterocycles. The summed E-state index contributed by atoms with van der Waals surface area (Å²) in [6.07, 6.45) is 3.59. The number of benzene rings is 1. The molecule has 1 aromatic carbocycles. The Morgan fingerprint density at radius 2 is 1.79 bits per heavy atom. The number of amides is 1. The first-order chi connectivity index (χ1) is 13.7. The summed E-state index contributed by atoms with van der Waals surface area (Å²) >= 11 is 0. The SMILES string of the molecule is COc1cc2nc(CN3CCNC(=O)C3)nc(N3CCCCC3)c2cc1OC. The van der Waals surface area contributed by atoms with Gasteiger partial charge in [0.1, 0.15) is 11.6 Å². The van der Waals surface area contributed by atoms with Crippen LogP contribution in [-0.2, 0) is 11.3 Å². The molecule has 0 saturated carbocycles. The predicted molar refractivity (Wildman–Crippen MR) is 107 cm³/mol. The third-order valence-corrected chi connectivity index (χ3v) is 5.37. The fourth-order valence-corrected chi connectivity index (χ4v) is 3.93. The van der Waals surface area contributed by atoms with E-state index in [9.17, 15) is 4.79 Å². The molecule has 1 N–H and O–H groups in total. The van der Waals surface area contributed by atoms with Gasteiger partial charge in [0.05, 0.1) is 32.8 Å². The van der Waals surface area contributed by atoms with Crippen LogP contribution in [-0.4, -0.2) is 67.7 Å². The maximum absolute atomic E-state index is 11.7. The fraction of sp³-hybridized carbons (Fsp3) is 0.550. The van der Waals surface area contributed by atoms with Gasteiger partial charge >= 0.3 is 0 Å². The summed E-state index contributed by atoms with van der Waals surface area (Å²) in [5.74, 6) is 3.06. The lowest BCUT2D eigenvalue weighted by Gasteiger charge is -2.30. The van der Waals surface area contributed by atoms with Gasteiger partial charge < -0.3 is 19.7 Å². The minimum Gasteiger partial charge on any atom is -0.493 e. The van der Waals surface area contributed by atoms with E-state index in [1.54, 1.807) is 14.2 Å². The number of piperazine rings is 1. The lowest BCUT2D eigenvalue weighted by atomic mass is 10.1. The predicted octanol–water partition coefficient (Wildman–Crippen LogP) is 1.57.